The third-order valence-electron chi connectivity index (χ3n) is 2.88. The second kappa shape index (κ2) is 9.61. The molecule has 0 fully saturated rings. The normalized spacial score (nSPS) is 12.1. The van der Waals surface area contributed by atoms with Gasteiger partial charge in [0, 0.05) is 19.6 Å². The first-order chi connectivity index (χ1) is 8.97. The third-order valence-corrected chi connectivity index (χ3v) is 2.88. The van der Waals surface area contributed by atoms with E-state index in [2.05, 4.69) is 17.0 Å². The van der Waals surface area contributed by atoms with Gasteiger partial charge in [-0.15, -0.1) is 0 Å². The molecular formula is C13H27N3O3. The third kappa shape index (κ3) is 6.42. The molecule has 19 heavy (non-hydrogen) atoms. The Hall–Kier alpha value is -1.30. The molecule has 0 aliphatic heterocycles. The van der Waals surface area contributed by atoms with Crippen molar-refractivity contribution in [3.05, 3.63) is 0 Å². The molecule has 1 unspecified atom stereocenters. The molecule has 0 saturated heterocycles. The minimum atomic E-state index is -0.588. The number of alkyl carbamates (subject to hydrolysis) is 1. The summed E-state index contributed by atoms with van der Waals surface area (Å²) in [6, 6.07) is -0.573. The molecule has 0 rings (SSSR count). The number of rotatable bonds is 8. The van der Waals surface area contributed by atoms with E-state index in [9.17, 15) is 9.59 Å². The fourth-order valence-corrected chi connectivity index (χ4v) is 1.73. The number of amides is 2. The topological polar surface area (TPSA) is 84.7 Å². The van der Waals surface area contributed by atoms with Crippen LogP contribution in [0.3, 0.4) is 0 Å². The first-order valence-electron chi connectivity index (χ1n) is 6.81. The summed E-state index contributed by atoms with van der Waals surface area (Å²) in [6.45, 7) is 7.43. The highest BCUT2D eigenvalue weighted by Gasteiger charge is 2.28. The summed E-state index contributed by atoms with van der Waals surface area (Å²) in [4.78, 5) is 25.4. The van der Waals surface area contributed by atoms with E-state index in [0.29, 0.717) is 19.6 Å². The van der Waals surface area contributed by atoms with E-state index in [-0.39, 0.29) is 11.8 Å². The number of nitrogens with zero attached hydrogens (tertiary/aromatic N) is 1. The van der Waals surface area contributed by atoms with Crippen LogP contribution in [-0.4, -0.2) is 49.7 Å². The van der Waals surface area contributed by atoms with Gasteiger partial charge >= 0.3 is 6.09 Å². The molecule has 3 N–H and O–H groups in total. The van der Waals surface area contributed by atoms with Crippen LogP contribution in [0.4, 0.5) is 4.79 Å². The maximum absolute atomic E-state index is 12.4. The number of nitrogens with two attached hydrogens (primary N) is 1. The van der Waals surface area contributed by atoms with Gasteiger partial charge in [0.2, 0.25) is 5.91 Å². The number of nitrogens with one attached hydrogen (secondary N) is 1. The number of hydrogen-bond acceptors (Lipinski definition) is 4. The second-order valence-electron chi connectivity index (χ2n) is 4.83. The summed E-state index contributed by atoms with van der Waals surface area (Å²) in [6.07, 6.45) is 1.34. The number of carbonyl (C=O) groups excluding carboxylic acids is 2. The maximum atomic E-state index is 12.4. The highest BCUT2D eigenvalue weighted by atomic mass is 16.5. The summed E-state index contributed by atoms with van der Waals surface area (Å²) >= 11 is 0. The van der Waals surface area contributed by atoms with E-state index in [1.165, 1.54) is 7.11 Å². The molecule has 0 bridgehead atoms. The van der Waals surface area contributed by atoms with Gasteiger partial charge in [0.25, 0.3) is 0 Å². The Morgan fingerprint density at radius 3 is 2.37 bits per heavy atom. The lowest BCUT2D eigenvalue weighted by molar-refractivity contribution is -0.134. The fourth-order valence-electron chi connectivity index (χ4n) is 1.73. The molecule has 6 nitrogen and oxygen atoms in total. The van der Waals surface area contributed by atoms with Crippen LogP contribution in [0.1, 0.15) is 33.6 Å². The van der Waals surface area contributed by atoms with E-state index in [1.807, 2.05) is 13.8 Å². The molecule has 2 amide bonds. The van der Waals surface area contributed by atoms with Gasteiger partial charge in [0.1, 0.15) is 6.04 Å². The van der Waals surface area contributed by atoms with Crippen LogP contribution in [-0.2, 0) is 9.53 Å². The van der Waals surface area contributed by atoms with Crippen molar-refractivity contribution in [1.82, 2.24) is 10.2 Å². The second-order valence-corrected chi connectivity index (χ2v) is 4.83. The van der Waals surface area contributed by atoms with Crippen molar-refractivity contribution in [2.45, 2.75) is 39.7 Å². The fraction of sp³-hybridized carbons (Fsp3) is 0.846. The molecule has 1 atom stereocenters. The number of unbranched alkanes of at least 4 members (excludes halogenated alkanes) is 1. The molecule has 0 aromatic rings. The van der Waals surface area contributed by atoms with E-state index in [4.69, 9.17) is 5.73 Å². The molecule has 0 heterocycles. The van der Waals surface area contributed by atoms with Gasteiger partial charge in [0.15, 0.2) is 0 Å². The first-order valence-corrected chi connectivity index (χ1v) is 6.81. The van der Waals surface area contributed by atoms with Gasteiger partial charge in [-0.3, -0.25) is 4.79 Å². The van der Waals surface area contributed by atoms with Crippen molar-refractivity contribution in [3.63, 3.8) is 0 Å². The zero-order valence-corrected chi connectivity index (χ0v) is 12.4. The predicted molar refractivity (Wildman–Crippen MR) is 74.7 cm³/mol. The van der Waals surface area contributed by atoms with Gasteiger partial charge in [-0.25, -0.2) is 4.79 Å². The van der Waals surface area contributed by atoms with Gasteiger partial charge in [-0.1, -0.05) is 27.2 Å². The van der Waals surface area contributed by atoms with Crippen LogP contribution in [0, 0.1) is 5.92 Å². The highest BCUT2D eigenvalue weighted by Crippen LogP contribution is 2.08. The highest BCUT2D eigenvalue weighted by molar-refractivity contribution is 5.85. The van der Waals surface area contributed by atoms with Crippen LogP contribution in [0.2, 0.25) is 0 Å². The monoisotopic (exact) mass is 273 g/mol. The average molecular weight is 273 g/mol. The summed E-state index contributed by atoms with van der Waals surface area (Å²) in [5, 5.41) is 2.59. The molecule has 112 valence electrons. The van der Waals surface area contributed by atoms with Crippen LogP contribution in [0.5, 0.6) is 0 Å². The molecule has 0 spiro atoms. The molecule has 0 radical (unpaired) electrons. The Kier molecular flexibility index (Phi) is 8.95. The minimum absolute atomic E-state index is 0.00602. The van der Waals surface area contributed by atoms with Crippen LogP contribution in [0.15, 0.2) is 0 Å². The molecule has 0 aromatic heterocycles. The van der Waals surface area contributed by atoms with E-state index < -0.39 is 12.1 Å². The van der Waals surface area contributed by atoms with Crippen molar-refractivity contribution < 1.29 is 14.3 Å². The lowest BCUT2D eigenvalue weighted by atomic mass is 10.0. The Morgan fingerprint density at radius 1 is 1.32 bits per heavy atom. The van der Waals surface area contributed by atoms with Gasteiger partial charge < -0.3 is 20.7 Å². The minimum Gasteiger partial charge on any atom is -0.453 e. The largest absolute Gasteiger partial charge is 0.453 e. The molecule has 6 heteroatoms. The number of methoxy groups -OCH3 is 1. The first kappa shape index (κ1) is 17.7. The zero-order chi connectivity index (χ0) is 14.8. The Bertz CT molecular complexity index is 282. The van der Waals surface area contributed by atoms with E-state index >= 15 is 0 Å². The van der Waals surface area contributed by atoms with Crippen molar-refractivity contribution in [1.29, 1.82) is 0 Å². The zero-order valence-electron chi connectivity index (χ0n) is 12.4. The lowest BCUT2D eigenvalue weighted by Crippen LogP contribution is -2.52. The van der Waals surface area contributed by atoms with Crippen LogP contribution >= 0.6 is 0 Å². The number of carbonyl (C=O) groups is 2. The molecule has 0 aromatic carbocycles. The number of ether oxygens (including phenoxy) is 1. The summed E-state index contributed by atoms with van der Waals surface area (Å²) in [7, 11) is 1.28. The average Bonchev–Trinajstić information content (AvgIpc) is 2.39. The summed E-state index contributed by atoms with van der Waals surface area (Å²) < 4.78 is 4.56. The van der Waals surface area contributed by atoms with E-state index in [0.717, 1.165) is 12.8 Å². The Morgan fingerprint density at radius 2 is 1.95 bits per heavy atom. The van der Waals surface area contributed by atoms with Crippen molar-refractivity contribution in [3.8, 4) is 0 Å². The smallest absolute Gasteiger partial charge is 0.407 e. The standard InChI is InChI=1S/C13H27N3O3/c1-5-6-8-16(9-7-14)12(17)11(10(2)3)15-13(18)19-4/h10-11H,5-9,14H2,1-4H3,(H,15,18). The molecule has 0 aliphatic rings. The van der Waals surface area contributed by atoms with Gasteiger partial charge in [0.05, 0.1) is 7.11 Å². The lowest BCUT2D eigenvalue weighted by Gasteiger charge is -2.29. The SMILES string of the molecule is CCCCN(CCN)C(=O)C(NC(=O)OC)C(C)C. The molecule has 0 aliphatic carbocycles. The van der Waals surface area contributed by atoms with Crippen molar-refractivity contribution in [2.75, 3.05) is 26.7 Å². The summed E-state index contributed by atoms with van der Waals surface area (Å²) in [5.41, 5.74) is 5.54. The van der Waals surface area contributed by atoms with Crippen LogP contribution < -0.4 is 11.1 Å². The predicted octanol–water partition coefficient (Wildman–Crippen LogP) is 0.954. The summed E-state index contributed by atoms with van der Waals surface area (Å²) in [5.74, 6) is -0.104. The molecular weight excluding hydrogens is 246 g/mol. The van der Waals surface area contributed by atoms with Gasteiger partial charge in [-0.2, -0.15) is 0 Å². The van der Waals surface area contributed by atoms with Crippen molar-refractivity contribution in [2.24, 2.45) is 11.7 Å². The quantitative estimate of drug-likeness (QED) is 0.689. The number of hydrogen-bond donors (Lipinski definition) is 2. The van der Waals surface area contributed by atoms with Gasteiger partial charge in [-0.05, 0) is 12.3 Å². The maximum Gasteiger partial charge on any atom is 0.407 e. The Balaban J connectivity index is 4.75. The molecule has 0 saturated carbocycles. The van der Waals surface area contributed by atoms with Crippen LogP contribution in [0.25, 0.3) is 0 Å². The van der Waals surface area contributed by atoms with Crippen molar-refractivity contribution >= 4 is 12.0 Å². The Labute approximate surface area is 115 Å². The van der Waals surface area contributed by atoms with E-state index in [1.54, 1.807) is 4.90 Å².